The average molecular weight is 275 g/mol. The van der Waals surface area contributed by atoms with Gasteiger partial charge in [-0.3, -0.25) is 0 Å². The average Bonchev–Trinajstić information content (AvgIpc) is 2.90. The lowest BCUT2D eigenvalue weighted by molar-refractivity contribution is -0.156. The van der Waals surface area contributed by atoms with Gasteiger partial charge in [-0.05, 0) is 19.1 Å². The molecule has 6 nitrogen and oxygen atoms in total. The number of aromatic nitrogens is 1. The fourth-order valence-corrected chi connectivity index (χ4v) is 1.86. The van der Waals surface area contributed by atoms with Crippen LogP contribution in [0.2, 0.25) is 0 Å². The summed E-state index contributed by atoms with van der Waals surface area (Å²) in [6.07, 6.45) is -0.770. The third kappa shape index (κ3) is 2.59. The summed E-state index contributed by atoms with van der Waals surface area (Å²) in [5.41, 5.74) is 0.738. The zero-order valence-corrected chi connectivity index (χ0v) is 10.9. The van der Waals surface area contributed by atoms with Crippen LogP contribution in [0.15, 0.2) is 34.9 Å². The highest BCUT2D eigenvalue weighted by molar-refractivity contribution is 5.75. The van der Waals surface area contributed by atoms with Crippen LogP contribution in [0.4, 0.5) is 0 Å². The maximum atomic E-state index is 11.9. The number of benzene rings is 1. The number of ether oxygens (including phenoxy) is 3. The topological polar surface area (TPSA) is 70.8 Å². The van der Waals surface area contributed by atoms with Crippen molar-refractivity contribution >= 4 is 5.97 Å². The quantitative estimate of drug-likeness (QED) is 0.796. The summed E-state index contributed by atoms with van der Waals surface area (Å²) in [5.74, 6) is 1.17. The van der Waals surface area contributed by atoms with Crippen molar-refractivity contribution in [2.75, 3.05) is 6.61 Å². The predicted molar refractivity (Wildman–Crippen MR) is 67.4 cm³/mol. The fraction of sp³-hybridized carbons (Fsp3) is 0.286. The number of fused-ring (bicyclic) bond motifs is 1. The highest BCUT2D eigenvalue weighted by Crippen LogP contribution is 2.31. The van der Waals surface area contributed by atoms with Gasteiger partial charge in [-0.2, -0.15) is 0 Å². The van der Waals surface area contributed by atoms with Gasteiger partial charge in [-0.15, -0.1) is 0 Å². The van der Waals surface area contributed by atoms with Crippen molar-refractivity contribution in [2.24, 2.45) is 0 Å². The first-order valence-corrected chi connectivity index (χ1v) is 6.20. The fourth-order valence-electron chi connectivity index (χ4n) is 1.86. The van der Waals surface area contributed by atoms with Crippen molar-refractivity contribution in [3.8, 4) is 11.5 Å². The molecule has 104 valence electrons. The van der Waals surface area contributed by atoms with Gasteiger partial charge < -0.3 is 18.7 Å². The van der Waals surface area contributed by atoms with E-state index < -0.39 is 12.1 Å². The molecule has 0 aliphatic carbocycles. The molecule has 0 fully saturated rings. The van der Waals surface area contributed by atoms with E-state index in [4.69, 9.17) is 18.7 Å². The maximum Gasteiger partial charge on any atom is 0.351 e. The molecule has 1 aromatic heterocycles. The molecular weight excluding hydrogens is 262 g/mol. The molecule has 0 saturated heterocycles. The largest absolute Gasteiger partial charge is 0.485 e. The number of carbonyl (C=O) groups is 1. The van der Waals surface area contributed by atoms with E-state index in [0.29, 0.717) is 17.3 Å². The highest BCUT2D eigenvalue weighted by Gasteiger charge is 2.28. The van der Waals surface area contributed by atoms with Crippen molar-refractivity contribution in [2.45, 2.75) is 19.6 Å². The number of hydrogen-bond acceptors (Lipinski definition) is 6. The van der Waals surface area contributed by atoms with Crippen molar-refractivity contribution in [3.05, 3.63) is 41.8 Å². The van der Waals surface area contributed by atoms with Crippen LogP contribution >= 0.6 is 0 Å². The second-order valence-corrected chi connectivity index (χ2v) is 4.41. The summed E-state index contributed by atoms with van der Waals surface area (Å²) in [6.45, 7) is 1.95. The zero-order valence-electron chi connectivity index (χ0n) is 10.9. The van der Waals surface area contributed by atoms with Crippen molar-refractivity contribution in [1.82, 2.24) is 5.16 Å². The first-order valence-electron chi connectivity index (χ1n) is 6.20. The molecule has 0 bridgehead atoms. The minimum absolute atomic E-state index is 0.0289. The van der Waals surface area contributed by atoms with Gasteiger partial charge in [0.15, 0.2) is 23.9 Å². The molecule has 0 unspecified atom stereocenters. The molecule has 0 N–H and O–H groups in total. The number of carbonyl (C=O) groups excluding carboxylic acids is 1. The van der Waals surface area contributed by atoms with E-state index in [1.807, 2.05) is 12.1 Å². The molecular formula is C14H13NO5. The van der Waals surface area contributed by atoms with Gasteiger partial charge in [0.25, 0.3) is 0 Å². The number of para-hydroxylation sites is 2. The molecule has 1 aliphatic heterocycles. The van der Waals surface area contributed by atoms with Crippen LogP contribution in [-0.4, -0.2) is 23.8 Å². The van der Waals surface area contributed by atoms with Gasteiger partial charge in [0.2, 0.25) is 6.10 Å². The Labute approximate surface area is 115 Å². The second-order valence-electron chi connectivity index (χ2n) is 4.41. The molecule has 0 saturated carbocycles. The molecule has 0 amide bonds. The highest BCUT2D eigenvalue weighted by atomic mass is 16.6. The maximum absolute atomic E-state index is 11.9. The van der Waals surface area contributed by atoms with Gasteiger partial charge >= 0.3 is 5.97 Å². The normalized spacial score (nSPS) is 16.8. The summed E-state index contributed by atoms with van der Waals surface area (Å²) >= 11 is 0. The predicted octanol–water partition coefficient (Wildman–Crippen LogP) is 1.87. The minimum atomic E-state index is -0.770. The minimum Gasteiger partial charge on any atom is -0.485 e. The molecule has 1 atom stereocenters. The number of aryl methyl sites for hydroxylation is 1. The molecule has 2 heterocycles. The molecule has 0 radical (unpaired) electrons. The first kappa shape index (κ1) is 12.5. The van der Waals surface area contributed by atoms with Crippen LogP contribution in [0.1, 0.15) is 11.5 Å². The lowest BCUT2D eigenvalue weighted by Gasteiger charge is -2.24. The third-order valence-corrected chi connectivity index (χ3v) is 2.80. The van der Waals surface area contributed by atoms with Gasteiger partial charge in [0, 0.05) is 6.07 Å². The van der Waals surface area contributed by atoms with Crippen LogP contribution in [0, 0.1) is 6.92 Å². The monoisotopic (exact) mass is 275 g/mol. The molecule has 6 heteroatoms. The smallest absolute Gasteiger partial charge is 0.351 e. The Bertz CT molecular complexity index is 622. The summed E-state index contributed by atoms with van der Waals surface area (Å²) in [5, 5.41) is 3.71. The molecule has 3 rings (SSSR count). The van der Waals surface area contributed by atoms with E-state index in [2.05, 4.69) is 5.16 Å². The summed E-state index contributed by atoms with van der Waals surface area (Å²) in [7, 11) is 0. The van der Waals surface area contributed by atoms with Crippen LogP contribution in [-0.2, 0) is 16.1 Å². The number of nitrogens with zero attached hydrogens (tertiary/aromatic N) is 1. The Morgan fingerprint density at radius 1 is 1.40 bits per heavy atom. The standard InChI is InChI=1S/C14H13NO5/c1-9-6-10(20-15-9)7-18-14(16)13-8-17-11-4-2-3-5-12(11)19-13/h2-6,13H,7-8H2,1H3/t13-/m1/s1. The van der Waals surface area contributed by atoms with Crippen molar-refractivity contribution < 1.29 is 23.5 Å². The molecule has 0 spiro atoms. The first-order chi connectivity index (χ1) is 9.72. The molecule has 20 heavy (non-hydrogen) atoms. The third-order valence-electron chi connectivity index (χ3n) is 2.80. The second kappa shape index (κ2) is 5.24. The molecule has 2 aromatic rings. The number of hydrogen-bond donors (Lipinski definition) is 0. The van der Waals surface area contributed by atoms with Gasteiger partial charge in [0.1, 0.15) is 6.61 Å². The number of rotatable bonds is 3. The Balaban J connectivity index is 1.59. The van der Waals surface area contributed by atoms with Gasteiger partial charge in [-0.25, -0.2) is 4.79 Å². The molecule has 1 aromatic carbocycles. The SMILES string of the molecule is Cc1cc(COC(=O)[C@H]2COc3ccccc3O2)on1. The van der Waals surface area contributed by atoms with E-state index >= 15 is 0 Å². The van der Waals surface area contributed by atoms with E-state index in [0.717, 1.165) is 5.69 Å². The Kier molecular flexibility index (Phi) is 3.28. The van der Waals surface area contributed by atoms with Crippen molar-refractivity contribution in [3.63, 3.8) is 0 Å². The lowest BCUT2D eigenvalue weighted by atomic mass is 10.2. The Morgan fingerprint density at radius 3 is 2.95 bits per heavy atom. The van der Waals surface area contributed by atoms with Crippen LogP contribution in [0.25, 0.3) is 0 Å². The Morgan fingerprint density at radius 2 is 2.20 bits per heavy atom. The van der Waals surface area contributed by atoms with Gasteiger partial charge in [0.05, 0.1) is 5.69 Å². The van der Waals surface area contributed by atoms with Crippen LogP contribution in [0.5, 0.6) is 11.5 Å². The van der Waals surface area contributed by atoms with Gasteiger partial charge in [-0.1, -0.05) is 17.3 Å². The van der Waals surface area contributed by atoms with Crippen LogP contribution < -0.4 is 9.47 Å². The van der Waals surface area contributed by atoms with E-state index in [9.17, 15) is 4.79 Å². The van der Waals surface area contributed by atoms with E-state index in [-0.39, 0.29) is 13.2 Å². The number of esters is 1. The summed E-state index contributed by atoms with van der Waals surface area (Å²) in [6, 6.07) is 8.89. The summed E-state index contributed by atoms with van der Waals surface area (Å²) < 4.78 is 21.1. The van der Waals surface area contributed by atoms with E-state index in [1.54, 1.807) is 25.1 Å². The van der Waals surface area contributed by atoms with Crippen LogP contribution in [0.3, 0.4) is 0 Å². The lowest BCUT2D eigenvalue weighted by Crippen LogP contribution is -2.37. The zero-order chi connectivity index (χ0) is 13.9. The molecule has 1 aliphatic rings. The van der Waals surface area contributed by atoms with E-state index in [1.165, 1.54) is 0 Å². The summed E-state index contributed by atoms with van der Waals surface area (Å²) in [4.78, 5) is 11.9. The Hall–Kier alpha value is -2.50. The van der Waals surface area contributed by atoms with Crippen molar-refractivity contribution in [1.29, 1.82) is 0 Å².